The highest BCUT2D eigenvalue weighted by atomic mass is 16.7. The normalized spacial score (nSPS) is 24.1. The molecule has 1 N–H and O–H groups in total. The smallest absolute Gasteiger partial charge is 0.338 e. The van der Waals surface area contributed by atoms with E-state index in [4.69, 9.17) is 14.2 Å². The number of rotatable bonds is 4. The van der Waals surface area contributed by atoms with Crippen molar-refractivity contribution in [3.8, 4) is 0 Å². The fourth-order valence-electron chi connectivity index (χ4n) is 1.96. The monoisotopic (exact) mass is 280 g/mol. The molecule has 0 bridgehead atoms. The SMILES string of the molecule is CC1(C)OC[C@@H]([C@](C)(O)COC(=O)c2ccccc2)O1. The van der Waals surface area contributed by atoms with E-state index in [-0.39, 0.29) is 13.2 Å². The second kappa shape index (κ2) is 5.52. The van der Waals surface area contributed by atoms with Crippen LogP contribution in [0.1, 0.15) is 31.1 Å². The lowest BCUT2D eigenvalue weighted by Gasteiger charge is -2.29. The molecule has 110 valence electrons. The maximum absolute atomic E-state index is 11.8. The molecule has 20 heavy (non-hydrogen) atoms. The molecule has 0 saturated carbocycles. The average Bonchev–Trinajstić information content (AvgIpc) is 2.78. The first-order valence-corrected chi connectivity index (χ1v) is 6.56. The van der Waals surface area contributed by atoms with E-state index in [0.29, 0.717) is 5.56 Å². The Labute approximate surface area is 118 Å². The summed E-state index contributed by atoms with van der Waals surface area (Å²) in [5.41, 5.74) is -0.842. The Hall–Kier alpha value is -1.43. The Morgan fingerprint density at radius 2 is 2.10 bits per heavy atom. The Kier molecular flexibility index (Phi) is 4.13. The molecule has 1 aromatic rings. The van der Waals surface area contributed by atoms with Crippen LogP contribution in [-0.4, -0.2) is 41.8 Å². The first kappa shape index (κ1) is 15.0. The van der Waals surface area contributed by atoms with Crippen LogP contribution in [0.4, 0.5) is 0 Å². The number of ether oxygens (including phenoxy) is 3. The lowest BCUT2D eigenvalue weighted by atomic mass is 10.0. The molecule has 0 amide bonds. The Balaban J connectivity index is 1.91. The van der Waals surface area contributed by atoms with Gasteiger partial charge in [0, 0.05) is 0 Å². The van der Waals surface area contributed by atoms with Crippen LogP contribution in [0.25, 0.3) is 0 Å². The van der Waals surface area contributed by atoms with Crippen molar-refractivity contribution >= 4 is 5.97 Å². The summed E-state index contributed by atoms with van der Waals surface area (Å²) < 4.78 is 16.1. The average molecular weight is 280 g/mol. The molecule has 1 aliphatic heterocycles. The van der Waals surface area contributed by atoms with Crippen LogP contribution in [0.3, 0.4) is 0 Å². The van der Waals surface area contributed by atoms with Gasteiger partial charge in [-0.15, -0.1) is 0 Å². The third kappa shape index (κ3) is 3.56. The van der Waals surface area contributed by atoms with E-state index >= 15 is 0 Å². The first-order valence-electron chi connectivity index (χ1n) is 6.56. The number of carbonyl (C=O) groups is 1. The maximum Gasteiger partial charge on any atom is 0.338 e. The summed E-state index contributed by atoms with van der Waals surface area (Å²) in [6.07, 6.45) is -0.527. The van der Waals surface area contributed by atoms with E-state index < -0.39 is 23.5 Å². The second-order valence-corrected chi connectivity index (χ2v) is 5.62. The molecule has 1 saturated heterocycles. The summed E-state index contributed by atoms with van der Waals surface area (Å²) in [6, 6.07) is 8.65. The van der Waals surface area contributed by atoms with Crippen LogP contribution in [0, 0.1) is 0 Å². The van der Waals surface area contributed by atoms with Gasteiger partial charge in [-0.3, -0.25) is 0 Å². The summed E-state index contributed by atoms with van der Waals surface area (Å²) in [5, 5.41) is 10.4. The van der Waals surface area contributed by atoms with Gasteiger partial charge in [-0.1, -0.05) is 18.2 Å². The Morgan fingerprint density at radius 1 is 1.45 bits per heavy atom. The molecule has 5 nitrogen and oxygen atoms in total. The van der Waals surface area contributed by atoms with Gasteiger partial charge in [0.2, 0.25) is 0 Å². The highest BCUT2D eigenvalue weighted by molar-refractivity contribution is 5.89. The largest absolute Gasteiger partial charge is 0.459 e. The van der Waals surface area contributed by atoms with Crippen LogP contribution in [0.5, 0.6) is 0 Å². The van der Waals surface area contributed by atoms with Crippen LogP contribution in [0.2, 0.25) is 0 Å². The van der Waals surface area contributed by atoms with E-state index in [2.05, 4.69) is 0 Å². The van der Waals surface area contributed by atoms with Crippen LogP contribution < -0.4 is 0 Å². The van der Waals surface area contributed by atoms with Gasteiger partial charge in [0.05, 0.1) is 12.2 Å². The van der Waals surface area contributed by atoms with Crippen molar-refractivity contribution in [2.45, 2.75) is 38.3 Å². The number of hydrogen-bond donors (Lipinski definition) is 1. The predicted molar refractivity (Wildman–Crippen MR) is 72.3 cm³/mol. The fraction of sp³-hybridized carbons (Fsp3) is 0.533. The molecule has 2 rings (SSSR count). The lowest BCUT2D eigenvalue weighted by molar-refractivity contribution is -0.173. The predicted octanol–water partition coefficient (Wildman–Crippen LogP) is 1.75. The summed E-state index contributed by atoms with van der Waals surface area (Å²) in [4.78, 5) is 11.8. The van der Waals surface area contributed by atoms with Crippen molar-refractivity contribution < 1.29 is 24.1 Å². The van der Waals surface area contributed by atoms with E-state index in [1.165, 1.54) is 0 Å². The number of carbonyl (C=O) groups excluding carboxylic acids is 1. The molecule has 1 fully saturated rings. The van der Waals surface area contributed by atoms with E-state index in [1.54, 1.807) is 45.0 Å². The molecule has 0 aliphatic carbocycles. The minimum Gasteiger partial charge on any atom is -0.459 e. The quantitative estimate of drug-likeness (QED) is 0.851. The first-order chi connectivity index (χ1) is 9.30. The van der Waals surface area contributed by atoms with E-state index in [1.807, 2.05) is 6.07 Å². The molecule has 1 aliphatic rings. The fourth-order valence-corrected chi connectivity index (χ4v) is 1.96. The van der Waals surface area contributed by atoms with Gasteiger partial charge < -0.3 is 19.3 Å². The summed E-state index contributed by atoms with van der Waals surface area (Å²) in [6.45, 7) is 5.24. The second-order valence-electron chi connectivity index (χ2n) is 5.62. The highest BCUT2D eigenvalue weighted by Gasteiger charge is 2.44. The molecule has 2 atom stereocenters. The Bertz CT molecular complexity index is 466. The molecule has 0 aromatic heterocycles. The molecule has 5 heteroatoms. The zero-order valence-corrected chi connectivity index (χ0v) is 12.0. The molecule has 1 heterocycles. The van der Waals surface area contributed by atoms with Crippen molar-refractivity contribution in [1.82, 2.24) is 0 Å². The standard InChI is InChI=1S/C15H20O5/c1-14(2)19-9-12(20-14)15(3,17)10-18-13(16)11-7-5-4-6-8-11/h4-8,12,17H,9-10H2,1-3H3/t12-,15+/m0/s1. The molecular weight excluding hydrogens is 260 g/mol. The van der Waals surface area contributed by atoms with Gasteiger partial charge in [0.15, 0.2) is 5.79 Å². The van der Waals surface area contributed by atoms with Crippen molar-refractivity contribution in [2.75, 3.05) is 13.2 Å². The zero-order valence-electron chi connectivity index (χ0n) is 12.0. The van der Waals surface area contributed by atoms with Gasteiger partial charge in [-0.25, -0.2) is 4.79 Å². The van der Waals surface area contributed by atoms with E-state index in [9.17, 15) is 9.90 Å². The van der Waals surface area contributed by atoms with Crippen molar-refractivity contribution in [3.63, 3.8) is 0 Å². The van der Waals surface area contributed by atoms with Crippen LogP contribution in [0.15, 0.2) is 30.3 Å². The summed E-state index contributed by atoms with van der Waals surface area (Å²) >= 11 is 0. The van der Waals surface area contributed by atoms with Crippen LogP contribution >= 0.6 is 0 Å². The minimum absolute atomic E-state index is 0.148. The Morgan fingerprint density at radius 3 is 2.65 bits per heavy atom. The van der Waals surface area contributed by atoms with Gasteiger partial charge in [0.1, 0.15) is 18.3 Å². The van der Waals surface area contributed by atoms with Crippen LogP contribution in [-0.2, 0) is 14.2 Å². The maximum atomic E-state index is 11.8. The minimum atomic E-state index is -1.29. The molecule has 0 spiro atoms. The summed E-state index contributed by atoms with van der Waals surface area (Å²) in [5.74, 6) is -1.19. The number of benzene rings is 1. The van der Waals surface area contributed by atoms with Gasteiger partial charge >= 0.3 is 5.97 Å². The van der Waals surface area contributed by atoms with E-state index in [0.717, 1.165) is 0 Å². The number of esters is 1. The highest BCUT2D eigenvalue weighted by Crippen LogP contribution is 2.29. The molecule has 0 radical (unpaired) electrons. The lowest BCUT2D eigenvalue weighted by Crippen LogP contribution is -2.46. The third-order valence-electron chi connectivity index (χ3n) is 3.21. The van der Waals surface area contributed by atoms with Crippen molar-refractivity contribution in [1.29, 1.82) is 0 Å². The van der Waals surface area contributed by atoms with Gasteiger partial charge in [-0.05, 0) is 32.9 Å². The third-order valence-corrected chi connectivity index (χ3v) is 3.21. The van der Waals surface area contributed by atoms with Gasteiger partial charge in [0.25, 0.3) is 0 Å². The number of hydrogen-bond acceptors (Lipinski definition) is 5. The molecule has 1 aromatic carbocycles. The number of aliphatic hydroxyl groups is 1. The molecular formula is C15H20O5. The zero-order chi connectivity index (χ0) is 14.8. The summed E-state index contributed by atoms with van der Waals surface area (Å²) in [7, 11) is 0. The van der Waals surface area contributed by atoms with Crippen molar-refractivity contribution in [3.05, 3.63) is 35.9 Å². The van der Waals surface area contributed by atoms with Crippen molar-refractivity contribution in [2.24, 2.45) is 0 Å². The molecule has 0 unspecified atom stereocenters. The van der Waals surface area contributed by atoms with Gasteiger partial charge in [-0.2, -0.15) is 0 Å². The topological polar surface area (TPSA) is 65.0 Å².